The van der Waals surface area contributed by atoms with Crippen LogP contribution in [0, 0.1) is 0 Å². The van der Waals surface area contributed by atoms with E-state index in [1.807, 2.05) is 5.48 Å². The highest BCUT2D eigenvalue weighted by molar-refractivity contribution is 5.25. The van der Waals surface area contributed by atoms with Gasteiger partial charge in [0.25, 0.3) is 0 Å². The molecule has 5 heteroatoms. The molecule has 0 aliphatic carbocycles. The number of imidazole rings is 1. The maximum absolute atomic E-state index is 12.0. The van der Waals surface area contributed by atoms with E-state index in [1.165, 1.54) is 10.8 Å². The number of aromatic nitrogens is 2. The summed E-state index contributed by atoms with van der Waals surface area (Å²) in [4.78, 5) is 3.67. The third-order valence-electron chi connectivity index (χ3n) is 1.32. The first kappa shape index (κ1) is 7.01. The van der Waals surface area contributed by atoms with Crippen molar-refractivity contribution in [1.82, 2.24) is 9.55 Å². The van der Waals surface area contributed by atoms with Crippen LogP contribution in [-0.4, -0.2) is 14.8 Å². The summed E-state index contributed by atoms with van der Waals surface area (Å²) in [6.45, 7) is -0.578. The fraction of sp³-hybridized carbons (Fsp3) is 0.400. The Morgan fingerprint density at radius 2 is 2.60 bits per heavy atom. The first-order valence-corrected chi connectivity index (χ1v) is 2.76. The Hall–Kier alpha value is -1.10. The molecule has 0 spiro atoms. The van der Waals surface area contributed by atoms with Crippen molar-refractivity contribution in [3.63, 3.8) is 0 Å². The number of halogens is 1. The van der Waals surface area contributed by atoms with Gasteiger partial charge in [-0.3, -0.25) is 5.21 Å². The van der Waals surface area contributed by atoms with Crippen molar-refractivity contribution in [3.05, 3.63) is 11.9 Å². The van der Waals surface area contributed by atoms with Crippen LogP contribution in [0.4, 0.5) is 10.3 Å². The highest BCUT2D eigenvalue weighted by atomic mass is 19.1. The van der Waals surface area contributed by atoms with E-state index in [-0.39, 0.29) is 5.95 Å². The molecule has 1 rings (SSSR count). The van der Waals surface area contributed by atoms with Gasteiger partial charge in [0.2, 0.25) is 5.95 Å². The van der Waals surface area contributed by atoms with Gasteiger partial charge in [-0.2, -0.15) is 0 Å². The molecule has 0 bridgehead atoms. The summed E-state index contributed by atoms with van der Waals surface area (Å²) in [5, 5.41) is 8.37. The number of hydrogen-bond donors (Lipinski definition) is 2. The lowest BCUT2D eigenvalue weighted by atomic mass is 10.5. The highest BCUT2D eigenvalue weighted by Crippen LogP contribution is 2.07. The summed E-state index contributed by atoms with van der Waals surface area (Å²) in [6, 6.07) is 0. The van der Waals surface area contributed by atoms with Crippen LogP contribution < -0.4 is 5.48 Å². The van der Waals surface area contributed by atoms with Crippen molar-refractivity contribution >= 4 is 5.95 Å². The van der Waals surface area contributed by atoms with Crippen molar-refractivity contribution in [3.8, 4) is 0 Å². The molecule has 1 aromatic rings. The second kappa shape index (κ2) is 2.66. The number of nitrogens with zero attached hydrogens (tertiary/aromatic N) is 2. The normalized spacial score (nSPS) is 9.90. The fourth-order valence-electron chi connectivity index (χ4n) is 0.673. The van der Waals surface area contributed by atoms with Gasteiger partial charge >= 0.3 is 0 Å². The highest BCUT2D eigenvalue weighted by Gasteiger charge is 2.02. The molecule has 0 saturated carbocycles. The number of hydrogen-bond acceptors (Lipinski definition) is 3. The standard InChI is InChI=1S/C5H8FN3O/c1-9-4(2-6)3-7-5(9)8-10/h3,10H,2H2,1H3,(H,7,8). The molecule has 0 fully saturated rings. The van der Waals surface area contributed by atoms with Gasteiger partial charge in [-0.15, -0.1) is 0 Å². The average Bonchev–Trinajstić information content (AvgIpc) is 2.30. The Labute approximate surface area is 57.3 Å². The molecular weight excluding hydrogens is 137 g/mol. The van der Waals surface area contributed by atoms with Gasteiger partial charge in [-0.1, -0.05) is 0 Å². The second-order valence-electron chi connectivity index (χ2n) is 1.88. The van der Waals surface area contributed by atoms with E-state index in [0.717, 1.165) is 0 Å². The average molecular weight is 145 g/mol. The zero-order chi connectivity index (χ0) is 7.56. The van der Waals surface area contributed by atoms with Crippen LogP contribution >= 0.6 is 0 Å². The van der Waals surface area contributed by atoms with Crippen molar-refractivity contribution in [2.75, 3.05) is 5.48 Å². The lowest BCUT2D eigenvalue weighted by Crippen LogP contribution is -2.01. The summed E-state index contributed by atoms with van der Waals surface area (Å²) in [5.74, 6) is 0.243. The Morgan fingerprint density at radius 3 is 2.90 bits per heavy atom. The van der Waals surface area contributed by atoms with Crippen LogP contribution in [0.2, 0.25) is 0 Å². The van der Waals surface area contributed by atoms with Crippen LogP contribution in [0.15, 0.2) is 6.20 Å². The molecule has 10 heavy (non-hydrogen) atoms. The Kier molecular flexibility index (Phi) is 1.86. The minimum Gasteiger partial charge on any atom is -0.313 e. The van der Waals surface area contributed by atoms with Gasteiger partial charge in [-0.05, 0) is 0 Å². The van der Waals surface area contributed by atoms with Crippen molar-refractivity contribution in [2.45, 2.75) is 6.67 Å². The van der Waals surface area contributed by atoms with E-state index in [1.54, 1.807) is 7.05 Å². The molecule has 2 N–H and O–H groups in total. The molecule has 4 nitrogen and oxygen atoms in total. The minimum absolute atomic E-state index is 0.243. The lowest BCUT2D eigenvalue weighted by Gasteiger charge is -1.99. The van der Waals surface area contributed by atoms with E-state index in [0.29, 0.717) is 5.69 Å². The predicted molar refractivity (Wildman–Crippen MR) is 33.4 cm³/mol. The molecular formula is C5H8FN3O. The van der Waals surface area contributed by atoms with Crippen molar-refractivity contribution < 1.29 is 9.60 Å². The molecule has 0 aliphatic heterocycles. The maximum atomic E-state index is 12.0. The smallest absolute Gasteiger partial charge is 0.227 e. The van der Waals surface area contributed by atoms with Crippen LogP contribution in [-0.2, 0) is 13.7 Å². The largest absolute Gasteiger partial charge is 0.313 e. The van der Waals surface area contributed by atoms with E-state index < -0.39 is 6.67 Å². The van der Waals surface area contributed by atoms with Gasteiger partial charge in [0, 0.05) is 7.05 Å². The maximum Gasteiger partial charge on any atom is 0.227 e. The van der Waals surface area contributed by atoms with Crippen LogP contribution in [0.25, 0.3) is 0 Å². The van der Waals surface area contributed by atoms with Crippen molar-refractivity contribution in [1.29, 1.82) is 0 Å². The SMILES string of the molecule is Cn1c(CF)cnc1NO. The predicted octanol–water partition coefficient (Wildman–Crippen LogP) is 0.691. The van der Waals surface area contributed by atoms with Gasteiger partial charge in [0.15, 0.2) is 0 Å². The quantitative estimate of drug-likeness (QED) is 0.602. The Balaban J connectivity index is 2.97. The third kappa shape index (κ3) is 0.950. The Morgan fingerprint density at radius 1 is 1.90 bits per heavy atom. The summed E-state index contributed by atoms with van der Waals surface area (Å²) >= 11 is 0. The molecule has 1 aromatic heterocycles. The molecule has 0 aliphatic rings. The van der Waals surface area contributed by atoms with Crippen LogP contribution in [0.5, 0.6) is 0 Å². The number of nitrogens with one attached hydrogen (secondary N) is 1. The summed E-state index contributed by atoms with van der Waals surface area (Å²) in [6.07, 6.45) is 1.36. The first-order valence-electron chi connectivity index (χ1n) is 2.76. The van der Waals surface area contributed by atoms with E-state index in [2.05, 4.69) is 4.98 Å². The summed E-state index contributed by atoms with van der Waals surface area (Å²) in [7, 11) is 1.61. The summed E-state index contributed by atoms with van der Waals surface area (Å²) in [5.41, 5.74) is 2.26. The number of anilines is 1. The number of alkyl halides is 1. The Bertz CT molecular complexity index is 201. The number of rotatable bonds is 2. The minimum atomic E-state index is -0.578. The zero-order valence-corrected chi connectivity index (χ0v) is 5.50. The first-order chi connectivity index (χ1) is 4.79. The topological polar surface area (TPSA) is 50.1 Å². The second-order valence-corrected chi connectivity index (χ2v) is 1.88. The molecule has 1 heterocycles. The summed E-state index contributed by atoms with van der Waals surface area (Å²) < 4.78 is 13.4. The fourth-order valence-corrected chi connectivity index (χ4v) is 0.673. The molecule has 0 amide bonds. The lowest BCUT2D eigenvalue weighted by molar-refractivity contribution is 0.378. The molecule has 0 aromatic carbocycles. The molecule has 0 atom stereocenters. The van der Waals surface area contributed by atoms with Crippen LogP contribution in [0.1, 0.15) is 5.69 Å². The third-order valence-corrected chi connectivity index (χ3v) is 1.32. The molecule has 0 saturated heterocycles. The van der Waals surface area contributed by atoms with Gasteiger partial charge in [0.05, 0.1) is 11.9 Å². The zero-order valence-electron chi connectivity index (χ0n) is 5.50. The van der Waals surface area contributed by atoms with Crippen molar-refractivity contribution in [2.24, 2.45) is 7.05 Å². The molecule has 0 unspecified atom stereocenters. The van der Waals surface area contributed by atoms with E-state index in [4.69, 9.17) is 5.21 Å². The van der Waals surface area contributed by atoms with Crippen LogP contribution in [0.3, 0.4) is 0 Å². The van der Waals surface area contributed by atoms with Gasteiger partial charge in [-0.25, -0.2) is 14.9 Å². The monoisotopic (exact) mass is 145 g/mol. The molecule has 56 valence electrons. The van der Waals surface area contributed by atoms with Gasteiger partial charge < -0.3 is 4.57 Å². The van der Waals surface area contributed by atoms with Gasteiger partial charge in [0.1, 0.15) is 6.67 Å². The van der Waals surface area contributed by atoms with E-state index >= 15 is 0 Å². The van der Waals surface area contributed by atoms with E-state index in [9.17, 15) is 4.39 Å². The molecule has 0 radical (unpaired) electrons.